The van der Waals surface area contributed by atoms with Crippen LogP contribution in [0.3, 0.4) is 0 Å². The van der Waals surface area contributed by atoms with Crippen LogP contribution in [0.5, 0.6) is 0 Å². The van der Waals surface area contributed by atoms with Crippen molar-refractivity contribution in [1.82, 2.24) is 15.3 Å². The van der Waals surface area contributed by atoms with Gasteiger partial charge in [0.15, 0.2) is 0 Å². The largest absolute Gasteiger partial charge is 0.451 e. The molecule has 19 heavy (non-hydrogen) atoms. The molecule has 0 bridgehead atoms. The molecule has 1 aliphatic rings. The quantitative estimate of drug-likeness (QED) is 0.797. The van der Waals surface area contributed by atoms with E-state index < -0.39 is 12.0 Å². The second-order valence-electron chi connectivity index (χ2n) is 4.00. The van der Waals surface area contributed by atoms with E-state index in [0.717, 1.165) is 0 Å². The smallest absolute Gasteiger partial charge is 0.354 e. The van der Waals surface area contributed by atoms with Gasteiger partial charge in [-0.3, -0.25) is 4.79 Å². The summed E-state index contributed by atoms with van der Waals surface area (Å²) in [5.74, 6) is -1.56. The van der Waals surface area contributed by atoms with E-state index in [1.54, 1.807) is 0 Å². The van der Waals surface area contributed by atoms with Crippen molar-refractivity contribution in [3.8, 4) is 0 Å². The summed E-state index contributed by atoms with van der Waals surface area (Å²) >= 11 is 5.57. The molecule has 9 heteroatoms. The lowest BCUT2D eigenvalue weighted by Gasteiger charge is -2.20. The average Bonchev–Trinajstić information content (AvgIpc) is 2.52. The molecule has 1 saturated heterocycles. The normalized spacial score (nSPS) is 17.1. The molecule has 1 aliphatic heterocycles. The van der Waals surface area contributed by atoms with Gasteiger partial charge < -0.3 is 10.2 Å². The number of alkyl halides is 3. The minimum Gasteiger partial charge on any atom is -0.354 e. The summed E-state index contributed by atoms with van der Waals surface area (Å²) in [7, 11) is 0. The highest BCUT2D eigenvalue weighted by molar-refractivity contribution is 6.29. The van der Waals surface area contributed by atoms with Crippen LogP contribution < -0.4 is 10.2 Å². The van der Waals surface area contributed by atoms with Crippen LogP contribution in [0.25, 0.3) is 0 Å². The van der Waals surface area contributed by atoms with E-state index in [1.165, 1.54) is 11.0 Å². The highest BCUT2D eigenvalue weighted by Crippen LogP contribution is 2.29. The topological polar surface area (TPSA) is 58.1 Å². The molecule has 104 valence electrons. The summed E-state index contributed by atoms with van der Waals surface area (Å²) in [5, 5.41) is 2.32. The standard InChI is InChI=1S/C10H10ClF3N4O/c11-6-4-7(17-9(16-6)10(12,13)14)18-3-1-2-15-8(19)5-18/h4H,1-3,5H2,(H,15,19). The van der Waals surface area contributed by atoms with Crippen LogP contribution in [0.4, 0.5) is 19.0 Å². The number of hydrogen-bond acceptors (Lipinski definition) is 4. The highest BCUT2D eigenvalue weighted by Gasteiger charge is 2.36. The second-order valence-corrected chi connectivity index (χ2v) is 4.38. The van der Waals surface area contributed by atoms with Crippen molar-refractivity contribution in [2.75, 3.05) is 24.5 Å². The third kappa shape index (κ3) is 3.46. The summed E-state index contributed by atoms with van der Waals surface area (Å²) in [4.78, 5) is 19.4. The molecule has 5 nitrogen and oxygen atoms in total. The van der Waals surface area contributed by atoms with Crippen LogP contribution in [0.15, 0.2) is 6.07 Å². The van der Waals surface area contributed by atoms with E-state index in [4.69, 9.17) is 11.6 Å². The molecule has 0 saturated carbocycles. The Hall–Kier alpha value is -1.57. The van der Waals surface area contributed by atoms with Crippen molar-refractivity contribution in [1.29, 1.82) is 0 Å². The molecule has 0 aromatic carbocycles. The van der Waals surface area contributed by atoms with E-state index in [-0.39, 0.29) is 23.4 Å². The van der Waals surface area contributed by atoms with Gasteiger partial charge >= 0.3 is 6.18 Å². The zero-order valence-electron chi connectivity index (χ0n) is 9.67. The molecule has 0 spiro atoms. The molecule has 1 N–H and O–H groups in total. The lowest BCUT2D eigenvalue weighted by molar-refractivity contribution is -0.144. The zero-order chi connectivity index (χ0) is 14.0. The summed E-state index contributed by atoms with van der Waals surface area (Å²) in [6.07, 6.45) is -4.05. The van der Waals surface area contributed by atoms with E-state index in [0.29, 0.717) is 19.5 Å². The molecule has 2 rings (SSSR count). The van der Waals surface area contributed by atoms with Gasteiger partial charge in [-0.05, 0) is 6.42 Å². The number of halogens is 4. The first kappa shape index (κ1) is 13.9. The van der Waals surface area contributed by atoms with Gasteiger partial charge in [0.05, 0.1) is 6.54 Å². The maximum Gasteiger partial charge on any atom is 0.451 e. The number of hydrogen-bond donors (Lipinski definition) is 1. The Morgan fingerprint density at radius 3 is 2.79 bits per heavy atom. The SMILES string of the molecule is O=C1CN(c2cc(Cl)nc(C(F)(F)F)n2)CCCN1. The van der Waals surface area contributed by atoms with Crippen molar-refractivity contribution >= 4 is 23.3 Å². The predicted octanol–water partition coefficient (Wildman–Crippen LogP) is 1.48. The van der Waals surface area contributed by atoms with Gasteiger partial charge in [0.2, 0.25) is 11.7 Å². The number of carbonyl (C=O) groups excluding carboxylic acids is 1. The maximum atomic E-state index is 12.6. The van der Waals surface area contributed by atoms with Gasteiger partial charge in [0.1, 0.15) is 11.0 Å². The number of carbonyl (C=O) groups is 1. The number of aromatic nitrogens is 2. The molecule has 1 amide bonds. The number of amides is 1. The first-order valence-corrected chi connectivity index (χ1v) is 5.87. The van der Waals surface area contributed by atoms with Crippen LogP contribution in [0.2, 0.25) is 5.15 Å². The molecular formula is C10H10ClF3N4O. The second kappa shape index (κ2) is 5.20. The van der Waals surface area contributed by atoms with Crippen LogP contribution in [0.1, 0.15) is 12.2 Å². The van der Waals surface area contributed by atoms with Gasteiger partial charge in [-0.1, -0.05) is 11.6 Å². The third-order valence-corrected chi connectivity index (χ3v) is 2.71. The lowest BCUT2D eigenvalue weighted by Crippen LogP contribution is -2.34. The van der Waals surface area contributed by atoms with Crippen molar-refractivity contribution < 1.29 is 18.0 Å². The Balaban J connectivity index is 2.33. The highest BCUT2D eigenvalue weighted by atomic mass is 35.5. The fourth-order valence-electron chi connectivity index (χ4n) is 1.70. The Labute approximate surface area is 111 Å². The van der Waals surface area contributed by atoms with Gasteiger partial charge in [-0.2, -0.15) is 13.2 Å². The maximum absolute atomic E-state index is 12.6. The van der Waals surface area contributed by atoms with Crippen molar-refractivity contribution in [2.45, 2.75) is 12.6 Å². The molecule has 2 heterocycles. The fraction of sp³-hybridized carbons (Fsp3) is 0.500. The van der Waals surface area contributed by atoms with Gasteiger partial charge in [-0.15, -0.1) is 0 Å². The third-order valence-electron chi connectivity index (χ3n) is 2.52. The number of rotatable bonds is 1. The Kier molecular flexibility index (Phi) is 3.79. The molecule has 1 fully saturated rings. The van der Waals surface area contributed by atoms with E-state index in [9.17, 15) is 18.0 Å². The van der Waals surface area contributed by atoms with Crippen LogP contribution in [0, 0.1) is 0 Å². The van der Waals surface area contributed by atoms with Crippen molar-refractivity contribution in [2.24, 2.45) is 0 Å². The van der Waals surface area contributed by atoms with Gasteiger partial charge in [0.25, 0.3) is 0 Å². The minimum atomic E-state index is -4.67. The Morgan fingerprint density at radius 1 is 1.37 bits per heavy atom. The Bertz CT molecular complexity index is 494. The zero-order valence-corrected chi connectivity index (χ0v) is 10.4. The van der Waals surface area contributed by atoms with Crippen LogP contribution in [-0.2, 0) is 11.0 Å². The molecule has 0 unspecified atom stereocenters. The summed E-state index contributed by atoms with van der Waals surface area (Å²) < 4.78 is 37.8. The number of anilines is 1. The summed E-state index contributed by atoms with van der Waals surface area (Å²) in [6, 6.07) is 1.22. The van der Waals surface area contributed by atoms with Crippen molar-refractivity contribution in [3.05, 3.63) is 17.0 Å². The minimum absolute atomic E-state index is 0.00405. The Morgan fingerprint density at radius 2 is 2.11 bits per heavy atom. The van der Waals surface area contributed by atoms with Gasteiger partial charge in [0, 0.05) is 19.2 Å². The van der Waals surface area contributed by atoms with E-state index in [1.807, 2.05) is 0 Å². The van der Waals surface area contributed by atoms with E-state index >= 15 is 0 Å². The van der Waals surface area contributed by atoms with E-state index in [2.05, 4.69) is 15.3 Å². The molecule has 0 aliphatic carbocycles. The molecule has 0 radical (unpaired) electrons. The molecule has 1 aromatic rings. The lowest BCUT2D eigenvalue weighted by atomic mass is 10.4. The number of nitrogens with one attached hydrogen (secondary N) is 1. The molecule has 0 atom stereocenters. The first-order chi connectivity index (χ1) is 8.86. The van der Waals surface area contributed by atoms with Crippen LogP contribution in [-0.4, -0.2) is 35.5 Å². The summed E-state index contributed by atoms with van der Waals surface area (Å²) in [5.41, 5.74) is 0. The monoisotopic (exact) mass is 294 g/mol. The first-order valence-electron chi connectivity index (χ1n) is 5.49. The van der Waals surface area contributed by atoms with Crippen molar-refractivity contribution in [3.63, 3.8) is 0 Å². The average molecular weight is 295 g/mol. The fourth-order valence-corrected chi connectivity index (χ4v) is 1.87. The predicted molar refractivity (Wildman–Crippen MR) is 61.9 cm³/mol. The number of nitrogens with zero attached hydrogens (tertiary/aromatic N) is 3. The molecular weight excluding hydrogens is 285 g/mol. The van der Waals surface area contributed by atoms with Crippen LogP contribution >= 0.6 is 11.6 Å². The molecule has 1 aromatic heterocycles. The summed E-state index contributed by atoms with van der Waals surface area (Å²) in [6.45, 7) is 0.855. The van der Waals surface area contributed by atoms with Gasteiger partial charge in [-0.25, -0.2) is 9.97 Å².